The Morgan fingerprint density at radius 2 is 1.78 bits per heavy atom. The Morgan fingerprint density at radius 1 is 1.16 bits per heavy atom. The Bertz CT molecular complexity index is 1260. The van der Waals surface area contributed by atoms with Gasteiger partial charge in [0, 0.05) is 17.5 Å². The highest BCUT2D eigenvalue weighted by Gasteiger charge is 2.38. The number of benzene rings is 1. The summed E-state index contributed by atoms with van der Waals surface area (Å²) in [6, 6.07) is -0.362. The lowest BCUT2D eigenvalue weighted by Gasteiger charge is -2.11. The van der Waals surface area contributed by atoms with Gasteiger partial charge in [-0.15, -0.1) is 11.3 Å². The molecule has 18 heteroatoms. The first-order valence-electron chi connectivity index (χ1n) is 9.37. The lowest BCUT2D eigenvalue weighted by molar-refractivity contribution is -0.140. The molecule has 0 spiro atoms. The first-order valence-corrected chi connectivity index (χ1v) is 11.5. The van der Waals surface area contributed by atoms with Gasteiger partial charge in [0.2, 0.25) is 0 Å². The van der Waals surface area contributed by atoms with Crippen molar-refractivity contribution in [3.05, 3.63) is 45.6 Å². The van der Waals surface area contributed by atoms with Gasteiger partial charge in [-0.05, 0) is 6.92 Å². The van der Waals surface area contributed by atoms with E-state index in [-0.39, 0.29) is 43.2 Å². The van der Waals surface area contributed by atoms with Gasteiger partial charge < -0.3 is 26.1 Å². The summed E-state index contributed by atoms with van der Waals surface area (Å²) in [7, 11) is 0. The second-order valence-electron chi connectivity index (χ2n) is 6.44. The monoisotopic (exact) mass is 582 g/mol. The molecule has 12 nitrogen and oxygen atoms in total. The smallest absolute Gasteiger partial charge is 0.341 e. The van der Waals surface area contributed by atoms with Crippen molar-refractivity contribution in [2.45, 2.75) is 6.92 Å². The third-order valence-corrected chi connectivity index (χ3v) is 6.28. The van der Waals surface area contributed by atoms with E-state index >= 15 is 0 Å². The van der Waals surface area contributed by atoms with E-state index in [1.807, 2.05) is 5.32 Å². The molecule has 2 heterocycles. The molecule has 200 valence electrons. The van der Waals surface area contributed by atoms with Gasteiger partial charge in [0.25, 0.3) is 5.91 Å². The summed E-state index contributed by atoms with van der Waals surface area (Å²) in [4.78, 5) is 53.2. The molecular weight excluding hydrogens is 565 g/mol. The summed E-state index contributed by atoms with van der Waals surface area (Å²) in [6.45, 7) is 0.756. The van der Waals surface area contributed by atoms with E-state index in [1.165, 1.54) is 12.3 Å². The molecule has 1 fully saturated rings. The zero-order valence-electron chi connectivity index (χ0n) is 18.4. The number of carbonyl (C=O) groups is 4. The number of anilines is 2. The molecule has 1 aliphatic rings. The van der Waals surface area contributed by atoms with E-state index in [0.29, 0.717) is 23.9 Å². The SMILES string of the molecule is CCOC(=O)/C(=C1\SC(=S)N(CC(=O)O)C1=O)c1csc(NC(=O)Nc2c(F)cc(F)cc2F)n1.O.O. The van der Waals surface area contributed by atoms with Gasteiger partial charge in [0.15, 0.2) is 16.8 Å². The van der Waals surface area contributed by atoms with Crippen molar-refractivity contribution in [2.75, 3.05) is 23.8 Å². The van der Waals surface area contributed by atoms with Crippen LogP contribution in [0.1, 0.15) is 12.6 Å². The fourth-order valence-corrected chi connectivity index (χ4v) is 4.70. The molecule has 0 atom stereocenters. The van der Waals surface area contributed by atoms with Crippen LogP contribution in [0.3, 0.4) is 0 Å². The van der Waals surface area contributed by atoms with E-state index in [0.717, 1.165) is 16.2 Å². The van der Waals surface area contributed by atoms with Crippen LogP contribution < -0.4 is 10.6 Å². The van der Waals surface area contributed by atoms with E-state index in [4.69, 9.17) is 22.1 Å². The molecule has 1 aromatic carbocycles. The molecule has 3 amide bonds. The summed E-state index contributed by atoms with van der Waals surface area (Å²) < 4.78 is 45.4. The maximum absolute atomic E-state index is 13.8. The number of nitrogens with one attached hydrogen (secondary N) is 2. The number of thioether (sulfide) groups is 1. The van der Waals surface area contributed by atoms with Crippen LogP contribution in [0.4, 0.5) is 28.8 Å². The van der Waals surface area contributed by atoms with Crippen LogP contribution in [0, 0.1) is 17.5 Å². The average Bonchev–Trinajstić information content (AvgIpc) is 3.31. The van der Waals surface area contributed by atoms with Crippen LogP contribution in [0.15, 0.2) is 22.4 Å². The number of esters is 1. The molecule has 0 saturated carbocycles. The Kier molecular flexibility index (Phi) is 11.1. The van der Waals surface area contributed by atoms with Crippen LogP contribution in [0.5, 0.6) is 0 Å². The quantitative estimate of drug-likeness (QED) is 0.247. The van der Waals surface area contributed by atoms with E-state index < -0.39 is 53.6 Å². The van der Waals surface area contributed by atoms with Gasteiger partial charge >= 0.3 is 18.0 Å². The third kappa shape index (κ3) is 7.23. The molecule has 1 saturated heterocycles. The Morgan fingerprint density at radius 3 is 2.35 bits per heavy atom. The van der Waals surface area contributed by atoms with Crippen LogP contribution >= 0.6 is 35.3 Å². The summed E-state index contributed by atoms with van der Waals surface area (Å²) in [5, 5.41) is 14.2. The Labute approximate surface area is 219 Å². The number of aliphatic carboxylic acids is 1. The third-order valence-electron chi connectivity index (χ3n) is 4.08. The van der Waals surface area contributed by atoms with Gasteiger partial charge in [-0.25, -0.2) is 27.7 Å². The minimum atomic E-state index is -1.34. The molecule has 1 aromatic heterocycles. The maximum Gasteiger partial charge on any atom is 0.341 e. The Hall–Kier alpha value is -3.58. The zero-order chi connectivity index (χ0) is 25.9. The molecule has 0 bridgehead atoms. The molecule has 0 aliphatic carbocycles. The number of aromatic nitrogens is 1. The van der Waals surface area contributed by atoms with Gasteiger partial charge in [-0.2, -0.15) is 0 Å². The number of hydrogen-bond acceptors (Lipinski definition) is 9. The van der Waals surface area contributed by atoms with Gasteiger partial charge in [-0.1, -0.05) is 24.0 Å². The first-order chi connectivity index (χ1) is 16.5. The number of thiocarbonyl (C=S) groups is 1. The molecule has 2 aromatic rings. The van der Waals surface area contributed by atoms with Crippen LogP contribution in [0.25, 0.3) is 5.57 Å². The van der Waals surface area contributed by atoms with E-state index in [9.17, 15) is 32.3 Å². The Balaban J connectivity index is 0.00000342. The summed E-state index contributed by atoms with van der Waals surface area (Å²) in [5.74, 6) is -6.96. The summed E-state index contributed by atoms with van der Waals surface area (Å²) >= 11 is 6.52. The number of halogens is 3. The molecule has 1 aliphatic heterocycles. The highest BCUT2D eigenvalue weighted by Crippen LogP contribution is 2.38. The van der Waals surface area contributed by atoms with Crippen LogP contribution in [-0.2, 0) is 19.1 Å². The largest absolute Gasteiger partial charge is 0.480 e. The van der Waals surface area contributed by atoms with Crippen LogP contribution in [0.2, 0.25) is 0 Å². The van der Waals surface area contributed by atoms with Gasteiger partial charge in [0.1, 0.15) is 27.9 Å². The predicted octanol–water partition coefficient (Wildman–Crippen LogP) is 1.77. The minimum absolute atomic E-state index is 0. The van der Waals surface area contributed by atoms with Crippen molar-refractivity contribution in [1.82, 2.24) is 9.88 Å². The predicted molar refractivity (Wildman–Crippen MR) is 131 cm³/mol. The summed E-state index contributed by atoms with van der Waals surface area (Å²) in [5.41, 5.74) is -1.30. The number of carboxylic acids is 1. The lowest BCUT2D eigenvalue weighted by atomic mass is 10.2. The van der Waals surface area contributed by atoms with Gasteiger partial charge in [-0.3, -0.25) is 19.8 Å². The topological polar surface area (TPSA) is 201 Å². The standard InChI is InChI=1S/C19H13F3N4O6S3.2H2O/c1-2-32-16(30)12(14-15(29)26(5-11(27)28)19(33)35-14)10-6-34-18(23-10)25-17(31)24-13-8(21)3-7(20)4-9(13)22;;/h3-4,6H,2,5H2,1H3,(H,27,28)(H2,23,24,25,31);2*1H2/b14-12-;;. The van der Waals surface area contributed by atoms with Crippen molar-refractivity contribution in [1.29, 1.82) is 0 Å². The maximum atomic E-state index is 13.8. The van der Waals surface area contributed by atoms with Crippen LogP contribution in [-0.4, -0.2) is 67.3 Å². The fourth-order valence-electron chi connectivity index (χ4n) is 2.69. The second-order valence-corrected chi connectivity index (χ2v) is 8.94. The molecular formula is C19H17F3N4O8S3. The van der Waals surface area contributed by atoms with E-state index in [1.54, 1.807) is 0 Å². The van der Waals surface area contributed by atoms with Crippen molar-refractivity contribution in [2.24, 2.45) is 0 Å². The highest BCUT2D eigenvalue weighted by atomic mass is 32.2. The number of ether oxygens (including phenoxy) is 1. The zero-order valence-corrected chi connectivity index (χ0v) is 20.8. The highest BCUT2D eigenvalue weighted by molar-refractivity contribution is 8.26. The fraction of sp³-hybridized carbons (Fsp3) is 0.158. The number of carbonyl (C=O) groups excluding carboxylic acids is 3. The average molecular weight is 583 g/mol. The van der Waals surface area contributed by atoms with Crippen molar-refractivity contribution >= 4 is 79.9 Å². The molecule has 37 heavy (non-hydrogen) atoms. The van der Waals surface area contributed by atoms with Crippen molar-refractivity contribution < 1.29 is 53.1 Å². The number of rotatable bonds is 7. The minimum Gasteiger partial charge on any atom is -0.480 e. The number of hydrogen-bond donors (Lipinski definition) is 3. The normalized spacial score (nSPS) is 13.9. The number of carboxylic acid groups (broad SMARTS) is 1. The van der Waals surface area contributed by atoms with E-state index in [2.05, 4.69) is 10.3 Å². The number of urea groups is 1. The van der Waals surface area contributed by atoms with Crippen molar-refractivity contribution in [3.8, 4) is 0 Å². The molecule has 0 unspecified atom stereocenters. The first kappa shape index (κ1) is 31.4. The summed E-state index contributed by atoms with van der Waals surface area (Å²) in [6.07, 6.45) is 0. The molecule has 3 rings (SSSR count). The number of amides is 3. The number of thiazole rings is 1. The van der Waals surface area contributed by atoms with Crippen molar-refractivity contribution in [3.63, 3.8) is 0 Å². The number of nitrogens with zero attached hydrogens (tertiary/aromatic N) is 2. The second kappa shape index (κ2) is 13.1. The van der Waals surface area contributed by atoms with Gasteiger partial charge in [0.05, 0.1) is 17.2 Å². The lowest BCUT2D eigenvalue weighted by Crippen LogP contribution is -2.33. The molecule has 7 N–H and O–H groups in total. The molecule has 0 radical (unpaired) electrons.